The molecular weight excluding hydrogens is 398 g/mol. The smallest absolute Gasteiger partial charge is 0.222 e. The Bertz CT molecular complexity index is 471. The number of hydrogen-bond acceptors (Lipinski definition) is 2. The van der Waals surface area contributed by atoms with Crippen molar-refractivity contribution in [3.05, 3.63) is 35.6 Å². The maximum atomic E-state index is 12.9. The first-order valence-electron chi connectivity index (χ1n) is 7.12. The first kappa shape index (κ1) is 20.6. The number of carbonyl (C=O) groups excluding carboxylic acids is 1. The lowest BCUT2D eigenvalue weighted by Gasteiger charge is -2.13. The van der Waals surface area contributed by atoms with E-state index in [1.165, 1.54) is 12.1 Å². The fourth-order valence-corrected chi connectivity index (χ4v) is 1.87. The predicted octanol–water partition coefficient (Wildman–Crippen LogP) is 1.66. The largest absolute Gasteiger partial charge is 0.369 e. The molecule has 0 aliphatic rings. The number of hydrogen-bond donors (Lipinski definition) is 3. The third-order valence-electron chi connectivity index (χ3n) is 2.96. The Morgan fingerprint density at radius 3 is 2.23 bits per heavy atom. The van der Waals surface area contributed by atoms with Gasteiger partial charge in [-0.05, 0) is 38.0 Å². The zero-order valence-corrected chi connectivity index (χ0v) is 15.3. The average molecular weight is 422 g/mol. The maximum absolute atomic E-state index is 12.9. The summed E-state index contributed by atoms with van der Waals surface area (Å²) in [5, 5.41) is 6.17. The molecule has 1 atom stereocenters. The lowest BCUT2D eigenvalue weighted by atomic mass is 9.99. The van der Waals surface area contributed by atoms with Gasteiger partial charge < -0.3 is 16.4 Å². The van der Waals surface area contributed by atoms with Crippen LogP contribution in [-0.2, 0) is 11.2 Å². The first-order valence-corrected chi connectivity index (χ1v) is 7.12. The van der Waals surface area contributed by atoms with Crippen LogP contribution in [-0.4, -0.2) is 31.5 Å². The van der Waals surface area contributed by atoms with Crippen LogP contribution in [0.3, 0.4) is 0 Å². The van der Waals surface area contributed by atoms with Gasteiger partial charge in [-0.2, -0.15) is 0 Å². The molecule has 0 aliphatic heterocycles. The van der Waals surface area contributed by atoms with E-state index < -0.39 is 11.8 Å². The van der Waals surface area contributed by atoms with Gasteiger partial charge in [0.15, 0.2) is 5.96 Å². The van der Waals surface area contributed by atoms with Crippen LogP contribution < -0.4 is 16.4 Å². The number of halogens is 2. The van der Waals surface area contributed by atoms with Crippen molar-refractivity contribution in [3.8, 4) is 0 Å². The quantitative estimate of drug-likeness (QED) is 0.355. The average Bonchev–Trinajstić information content (AvgIpc) is 2.45. The summed E-state index contributed by atoms with van der Waals surface area (Å²) in [6, 6.07) is 6.06. The number of nitrogens with one attached hydrogen (secondary N) is 2. The summed E-state index contributed by atoms with van der Waals surface area (Å²) in [6.07, 6.45) is 0.449. The summed E-state index contributed by atoms with van der Waals surface area (Å²) >= 11 is 0. The van der Waals surface area contributed by atoms with Crippen LogP contribution in [0.4, 0.5) is 4.39 Å². The number of guanidine groups is 1. The predicted molar refractivity (Wildman–Crippen MR) is 97.9 cm³/mol. The fraction of sp³-hybridized carbons (Fsp3) is 0.467. The molecule has 22 heavy (non-hydrogen) atoms. The molecule has 0 saturated heterocycles. The standard InChI is InChI=1S/C15H23FN4O.HI/c1-3-18-15(19-4-2)20-10-12(14(17)21)9-11-5-7-13(16)8-6-11;/h5-8,12H,3-4,9-10H2,1-2H3,(H2,17,21)(H2,18,19,20);1H. The Morgan fingerprint density at radius 2 is 1.77 bits per heavy atom. The van der Waals surface area contributed by atoms with Gasteiger partial charge in [0.2, 0.25) is 5.91 Å². The summed E-state index contributed by atoms with van der Waals surface area (Å²) in [5.41, 5.74) is 6.29. The minimum Gasteiger partial charge on any atom is -0.369 e. The van der Waals surface area contributed by atoms with Crippen LogP contribution in [0, 0.1) is 11.7 Å². The van der Waals surface area contributed by atoms with Crippen LogP contribution in [0.1, 0.15) is 19.4 Å². The molecule has 0 fully saturated rings. The van der Waals surface area contributed by atoms with Crippen LogP contribution in [0.15, 0.2) is 29.3 Å². The number of primary amides is 1. The van der Waals surface area contributed by atoms with Gasteiger partial charge in [-0.1, -0.05) is 12.1 Å². The first-order chi connectivity index (χ1) is 10.1. The number of benzene rings is 1. The third kappa shape index (κ3) is 7.58. The van der Waals surface area contributed by atoms with Crippen molar-refractivity contribution in [2.24, 2.45) is 16.6 Å². The van der Waals surface area contributed by atoms with E-state index in [0.29, 0.717) is 18.9 Å². The molecule has 0 heterocycles. The summed E-state index contributed by atoms with van der Waals surface area (Å²) < 4.78 is 12.9. The maximum Gasteiger partial charge on any atom is 0.222 e. The molecule has 124 valence electrons. The van der Waals surface area contributed by atoms with Gasteiger partial charge in [-0.3, -0.25) is 9.79 Å². The Labute approximate surface area is 148 Å². The van der Waals surface area contributed by atoms with Crippen molar-refractivity contribution in [2.45, 2.75) is 20.3 Å². The minimum absolute atomic E-state index is 0. The second-order valence-corrected chi connectivity index (χ2v) is 4.68. The van der Waals surface area contributed by atoms with Crippen molar-refractivity contribution in [1.29, 1.82) is 0 Å². The van der Waals surface area contributed by atoms with Gasteiger partial charge >= 0.3 is 0 Å². The number of aliphatic imine (C=N–C) groups is 1. The van der Waals surface area contributed by atoms with Crippen LogP contribution >= 0.6 is 24.0 Å². The van der Waals surface area contributed by atoms with Gasteiger partial charge in [0.25, 0.3) is 0 Å². The Kier molecular flexibility index (Phi) is 10.5. The molecule has 1 amide bonds. The lowest BCUT2D eigenvalue weighted by molar-refractivity contribution is -0.121. The second-order valence-electron chi connectivity index (χ2n) is 4.68. The number of nitrogens with zero attached hydrogens (tertiary/aromatic N) is 1. The highest BCUT2D eigenvalue weighted by Gasteiger charge is 2.16. The molecule has 0 aromatic heterocycles. The van der Waals surface area contributed by atoms with Crippen molar-refractivity contribution in [3.63, 3.8) is 0 Å². The van der Waals surface area contributed by atoms with E-state index in [9.17, 15) is 9.18 Å². The normalized spacial score (nSPS) is 11.0. The molecule has 0 radical (unpaired) electrons. The molecule has 4 N–H and O–H groups in total. The van der Waals surface area contributed by atoms with Crippen molar-refractivity contribution >= 4 is 35.8 Å². The van der Waals surface area contributed by atoms with Crippen LogP contribution in [0.2, 0.25) is 0 Å². The number of nitrogens with two attached hydrogens (primary N) is 1. The van der Waals surface area contributed by atoms with E-state index in [0.717, 1.165) is 18.7 Å². The van der Waals surface area contributed by atoms with Gasteiger partial charge in [-0.15, -0.1) is 24.0 Å². The Hall–Kier alpha value is -1.38. The van der Waals surface area contributed by atoms with E-state index >= 15 is 0 Å². The highest BCUT2D eigenvalue weighted by Crippen LogP contribution is 2.10. The zero-order chi connectivity index (χ0) is 15.7. The number of amides is 1. The molecule has 7 heteroatoms. The lowest BCUT2D eigenvalue weighted by Crippen LogP contribution is -2.38. The van der Waals surface area contributed by atoms with E-state index in [1.54, 1.807) is 12.1 Å². The van der Waals surface area contributed by atoms with Gasteiger partial charge in [-0.25, -0.2) is 4.39 Å². The van der Waals surface area contributed by atoms with Gasteiger partial charge in [0.1, 0.15) is 5.82 Å². The number of rotatable bonds is 7. The molecule has 1 aromatic rings. The summed E-state index contributed by atoms with van der Waals surface area (Å²) in [5.74, 6) is -0.461. The van der Waals surface area contributed by atoms with Crippen molar-refractivity contribution in [1.82, 2.24) is 10.6 Å². The van der Waals surface area contributed by atoms with Gasteiger partial charge in [0.05, 0.1) is 12.5 Å². The summed E-state index contributed by atoms with van der Waals surface area (Å²) in [7, 11) is 0. The van der Waals surface area contributed by atoms with Crippen LogP contribution in [0.25, 0.3) is 0 Å². The molecular formula is C15H24FIN4O. The highest BCUT2D eigenvalue weighted by atomic mass is 127. The molecule has 0 saturated carbocycles. The van der Waals surface area contributed by atoms with E-state index in [-0.39, 0.29) is 29.8 Å². The van der Waals surface area contributed by atoms with Crippen molar-refractivity contribution in [2.75, 3.05) is 19.6 Å². The summed E-state index contributed by atoms with van der Waals surface area (Å²) in [4.78, 5) is 15.9. The molecule has 0 aliphatic carbocycles. The molecule has 0 spiro atoms. The van der Waals surface area contributed by atoms with Crippen molar-refractivity contribution < 1.29 is 9.18 Å². The minimum atomic E-state index is -0.414. The monoisotopic (exact) mass is 422 g/mol. The number of carbonyl (C=O) groups is 1. The summed E-state index contributed by atoms with van der Waals surface area (Å²) in [6.45, 7) is 5.71. The fourth-order valence-electron chi connectivity index (χ4n) is 1.87. The molecule has 0 bridgehead atoms. The van der Waals surface area contributed by atoms with E-state index in [2.05, 4.69) is 15.6 Å². The second kappa shape index (κ2) is 11.2. The molecule has 1 unspecified atom stereocenters. The van der Waals surface area contributed by atoms with Gasteiger partial charge in [0, 0.05) is 13.1 Å². The SMILES string of the molecule is CCNC(=NCC(Cc1ccc(F)cc1)C(N)=O)NCC.I. The third-order valence-corrected chi connectivity index (χ3v) is 2.96. The zero-order valence-electron chi connectivity index (χ0n) is 12.9. The molecule has 1 rings (SSSR count). The molecule has 5 nitrogen and oxygen atoms in total. The Balaban J connectivity index is 0.00000441. The highest BCUT2D eigenvalue weighted by molar-refractivity contribution is 14.0. The van der Waals surface area contributed by atoms with E-state index in [4.69, 9.17) is 5.73 Å². The molecule has 1 aromatic carbocycles. The van der Waals surface area contributed by atoms with E-state index in [1.807, 2.05) is 13.8 Å². The topological polar surface area (TPSA) is 79.5 Å². The van der Waals surface area contributed by atoms with Crippen LogP contribution in [0.5, 0.6) is 0 Å². The Morgan fingerprint density at radius 1 is 1.23 bits per heavy atom.